The molecule has 132 valence electrons. The lowest BCUT2D eigenvalue weighted by molar-refractivity contribution is -0.116. The zero-order valence-corrected chi connectivity index (χ0v) is 14.5. The molecule has 1 atom stereocenters. The Balaban J connectivity index is 1.66. The highest BCUT2D eigenvalue weighted by molar-refractivity contribution is 5.91. The highest BCUT2D eigenvalue weighted by Crippen LogP contribution is 2.27. The maximum Gasteiger partial charge on any atom is 0.244 e. The van der Waals surface area contributed by atoms with Gasteiger partial charge < -0.3 is 14.5 Å². The van der Waals surface area contributed by atoms with E-state index in [4.69, 9.17) is 9.15 Å². The zero-order valence-electron chi connectivity index (χ0n) is 14.5. The van der Waals surface area contributed by atoms with Gasteiger partial charge in [0.25, 0.3) is 0 Å². The summed E-state index contributed by atoms with van der Waals surface area (Å²) in [6.45, 7) is 2.68. The number of carbonyl (C=O) groups excluding carboxylic acids is 1. The number of furan rings is 1. The monoisotopic (exact) mass is 340 g/mol. The van der Waals surface area contributed by atoms with Gasteiger partial charge in [-0.05, 0) is 61.8 Å². The molecule has 1 fully saturated rings. The molecule has 1 aromatic heterocycles. The molecule has 0 aliphatic carbocycles. The summed E-state index contributed by atoms with van der Waals surface area (Å²) < 4.78 is 10.5. The topological polar surface area (TPSA) is 54.7 Å². The van der Waals surface area contributed by atoms with Gasteiger partial charge >= 0.3 is 0 Å². The predicted molar refractivity (Wildman–Crippen MR) is 97.3 cm³/mol. The summed E-state index contributed by atoms with van der Waals surface area (Å²) in [5, 5.41) is 3.01. The molecular formula is C20H24N2O3. The van der Waals surface area contributed by atoms with Gasteiger partial charge in [-0.2, -0.15) is 0 Å². The van der Waals surface area contributed by atoms with Crippen molar-refractivity contribution in [3.05, 3.63) is 60.1 Å². The number of likely N-dealkylation sites (tertiary alicyclic amines) is 1. The van der Waals surface area contributed by atoms with E-state index in [0.29, 0.717) is 12.3 Å². The SMILES string of the molecule is COc1cccc(C(CNC(=O)/C=C/c2ccco2)N2CCCC2)c1. The Labute approximate surface area is 148 Å². The van der Waals surface area contributed by atoms with Gasteiger partial charge in [-0.15, -0.1) is 0 Å². The third kappa shape index (κ3) is 4.73. The van der Waals surface area contributed by atoms with Crippen molar-refractivity contribution in [3.8, 4) is 5.75 Å². The molecule has 25 heavy (non-hydrogen) atoms. The van der Waals surface area contributed by atoms with Crippen LogP contribution in [0.15, 0.2) is 53.2 Å². The third-order valence-corrected chi connectivity index (χ3v) is 4.47. The number of benzene rings is 1. The fraction of sp³-hybridized carbons (Fsp3) is 0.350. The Morgan fingerprint density at radius 1 is 1.32 bits per heavy atom. The average molecular weight is 340 g/mol. The average Bonchev–Trinajstić information content (AvgIpc) is 3.34. The number of hydrogen-bond donors (Lipinski definition) is 1. The van der Waals surface area contributed by atoms with Crippen molar-refractivity contribution in [1.29, 1.82) is 0 Å². The number of ether oxygens (including phenoxy) is 1. The third-order valence-electron chi connectivity index (χ3n) is 4.47. The Kier molecular flexibility index (Phi) is 5.90. The van der Waals surface area contributed by atoms with Crippen LogP contribution in [0.5, 0.6) is 5.75 Å². The number of hydrogen-bond acceptors (Lipinski definition) is 4. The van der Waals surface area contributed by atoms with Crippen molar-refractivity contribution in [2.75, 3.05) is 26.7 Å². The van der Waals surface area contributed by atoms with Gasteiger partial charge in [-0.1, -0.05) is 12.1 Å². The van der Waals surface area contributed by atoms with Crippen LogP contribution in [0.4, 0.5) is 0 Å². The lowest BCUT2D eigenvalue weighted by Gasteiger charge is -2.28. The molecule has 0 radical (unpaired) electrons. The maximum absolute atomic E-state index is 12.1. The van der Waals surface area contributed by atoms with E-state index in [-0.39, 0.29) is 11.9 Å². The van der Waals surface area contributed by atoms with Crippen molar-refractivity contribution in [2.45, 2.75) is 18.9 Å². The Morgan fingerprint density at radius 2 is 2.16 bits per heavy atom. The van der Waals surface area contributed by atoms with E-state index in [1.165, 1.54) is 18.9 Å². The van der Waals surface area contributed by atoms with Gasteiger partial charge in [0, 0.05) is 12.6 Å². The van der Waals surface area contributed by atoms with Gasteiger partial charge in [0.1, 0.15) is 11.5 Å². The summed E-state index contributed by atoms with van der Waals surface area (Å²) in [5.74, 6) is 1.38. The lowest BCUT2D eigenvalue weighted by Crippen LogP contribution is -2.36. The van der Waals surface area contributed by atoms with Crippen LogP contribution in [0, 0.1) is 0 Å². The summed E-state index contributed by atoms with van der Waals surface area (Å²) in [6, 6.07) is 11.8. The Hall–Kier alpha value is -2.53. The normalized spacial score (nSPS) is 16.2. The molecule has 1 aliphatic heterocycles. The van der Waals surface area contributed by atoms with Crippen molar-refractivity contribution >= 4 is 12.0 Å². The predicted octanol–water partition coefficient (Wildman–Crippen LogP) is 3.25. The molecule has 0 saturated carbocycles. The molecule has 1 aliphatic rings. The van der Waals surface area contributed by atoms with Crippen LogP contribution in [0.2, 0.25) is 0 Å². The van der Waals surface area contributed by atoms with E-state index in [1.807, 2.05) is 24.3 Å². The second kappa shape index (κ2) is 8.53. The molecular weight excluding hydrogens is 316 g/mol. The molecule has 2 aromatic rings. The van der Waals surface area contributed by atoms with Crippen molar-refractivity contribution in [2.24, 2.45) is 0 Å². The summed E-state index contributed by atoms with van der Waals surface area (Å²) in [4.78, 5) is 14.6. The van der Waals surface area contributed by atoms with E-state index >= 15 is 0 Å². The van der Waals surface area contributed by atoms with Crippen molar-refractivity contribution in [1.82, 2.24) is 10.2 Å². The Bertz CT molecular complexity index is 703. The van der Waals surface area contributed by atoms with E-state index in [0.717, 1.165) is 24.4 Å². The number of methoxy groups -OCH3 is 1. The second-order valence-corrected chi connectivity index (χ2v) is 6.13. The van der Waals surface area contributed by atoms with Crippen LogP contribution < -0.4 is 10.1 Å². The van der Waals surface area contributed by atoms with Gasteiger partial charge in [0.2, 0.25) is 5.91 Å². The number of nitrogens with zero attached hydrogens (tertiary/aromatic N) is 1. The molecule has 1 N–H and O–H groups in total. The number of amides is 1. The number of nitrogens with one attached hydrogen (secondary N) is 1. The number of rotatable bonds is 7. The first kappa shape index (κ1) is 17.3. The van der Waals surface area contributed by atoms with Gasteiger partial charge in [0.05, 0.1) is 19.4 Å². The van der Waals surface area contributed by atoms with E-state index < -0.39 is 0 Å². The summed E-state index contributed by atoms with van der Waals surface area (Å²) in [7, 11) is 1.67. The minimum absolute atomic E-state index is 0.122. The van der Waals surface area contributed by atoms with Crippen LogP contribution in [0.1, 0.15) is 30.2 Å². The van der Waals surface area contributed by atoms with Gasteiger partial charge in [0.15, 0.2) is 0 Å². The quantitative estimate of drug-likeness (QED) is 0.786. The molecule has 5 nitrogen and oxygen atoms in total. The molecule has 3 rings (SSSR count). The maximum atomic E-state index is 12.1. The lowest BCUT2D eigenvalue weighted by atomic mass is 10.0. The van der Waals surface area contributed by atoms with Crippen molar-refractivity contribution < 1.29 is 13.9 Å². The van der Waals surface area contributed by atoms with Gasteiger partial charge in [-0.3, -0.25) is 9.69 Å². The first-order valence-electron chi connectivity index (χ1n) is 8.63. The standard InChI is InChI=1S/C20H24N2O3/c1-24-18-7-4-6-16(14-18)19(22-11-2-3-12-22)15-21-20(23)10-9-17-8-5-13-25-17/h4-10,13-14,19H,2-3,11-12,15H2,1H3,(H,21,23)/b10-9+. The highest BCUT2D eigenvalue weighted by atomic mass is 16.5. The van der Waals surface area contributed by atoms with Crippen LogP contribution in [-0.4, -0.2) is 37.6 Å². The first-order chi connectivity index (χ1) is 12.3. The summed E-state index contributed by atoms with van der Waals surface area (Å²) in [5.41, 5.74) is 1.16. The first-order valence-corrected chi connectivity index (χ1v) is 8.63. The molecule has 2 heterocycles. The van der Waals surface area contributed by atoms with Crippen LogP contribution >= 0.6 is 0 Å². The fourth-order valence-electron chi connectivity index (χ4n) is 3.16. The smallest absolute Gasteiger partial charge is 0.244 e. The summed E-state index contributed by atoms with van der Waals surface area (Å²) >= 11 is 0. The minimum Gasteiger partial charge on any atom is -0.497 e. The number of carbonyl (C=O) groups is 1. The fourth-order valence-corrected chi connectivity index (χ4v) is 3.16. The Morgan fingerprint density at radius 3 is 2.88 bits per heavy atom. The van der Waals surface area contributed by atoms with Gasteiger partial charge in [-0.25, -0.2) is 0 Å². The van der Waals surface area contributed by atoms with Crippen LogP contribution in [0.25, 0.3) is 6.08 Å². The molecule has 0 spiro atoms. The van der Waals surface area contributed by atoms with Crippen LogP contribution in [-0.2, 0) is 4.79 Å². The molecule has 1 amide bonds. The van der Waals surface area contributed by atoms with E-state index in [1.54, 1.807) is 25.5 Å². The van der Waals surface area contributed by atoms with E-state index in [2.05, 4.69) is 16.3 Å². The van der Waals surface area contributed by atoms with Crippen molar-refractivity contribution in [3.63, 3.8) is 0 Å². The minimum atomic E-state index is -0.122. The molecule has 0 bridgehead atoms. The largest absolute Gasteiger partial charge is 0.497 e. The second-order valence-electron chi connectivity index (χ2n) is 6.13. The summed E-state index contributed by atoms with van der Waals surface area (Å²) in [6.07, 6.45) is 7.17. The van der Waals surface area contributed by atoms with Crippen LogP contribution in [0.3, 0.4) is 0 Å². The zero-order chi connectivity index (χ0) is 17.5. The molecule has 1 unspecified atom stereocenters. The van der Waals surface area contributed by atoms with E-state index in [9.17, 15) is 4.79 Å². The highest BCUT2D eigenvalue weighted by Gasteiger charge is 2.24. The molecule has 1 aromatic carbocycles. The molecule has 1 saturated heterocycles. The molecule has 5 heteroatoms.